The van der Waals surface area contributed by atoms with Crippen molar-refractivity contribution in [3.63, 3.8) is 0 Å². The van der Waals surface area contributed by atoms with E-state index in [0.29, 0.717) is 18.7 Å². The molecule has 0 atom stereocenters. The number of carbonyl (C=O) groups is 1. The molecular formula is C22H28N4O2. The van der Waals surface area contributed by atoms with Crippen LogP contribution in [0.15, 0.2) is 30.3 Å². The number of aromatic nitrogens is 2. The molecule has 6 heteroatoms. The summed E-state index contributed by atoms with van der Waals surface area (Å²) in [5.74, 6) is 1.85. The van der Waals surface area contributed by atoms with Crippen molar-refractivity contribution < 1.29 is 9.53 Å². The molecule has 0 spiro atoms. The van der Waals surface area contributed by atoms with Crippen molar-refractivity contribution in [3.05, 3.63) is 47.2 Å². The molecule has 6 nitrogen and oxygen atoms in total. The molecule has 0 saturated carbocycles. The van der Waals surface area contributed by atoms with Gasteiger partial charge in [-0.25, -0.2) is 0 Å². The highest BCUT2D eigenvalue weighted by atomic mass is 16.5. The second kappa shape index (κ2) is 8.59. The van der Waals surface area contributed by atoms with Crippen LogP contribution >= 0.6 is 0 Å². The number of nitrogens with zero attached hydrogens (tertiary/aromatic N) is 4. The topological polar surface area (TPSA) is 58.6 Å². The van der Waals surface area contributed by atoms with E-state index in [0.717, 1.165) is 62.6 Å². The standard InChI is InChI=1S/C22H28N4O2/c1-2-3-15-28-19-9-7-17(8-10-19)22(27)26-13-11-25(12-14-26)21-16-18-5-4-6-20(18)23-24-21/h7-10,16H,2-6,11-15H2,1H3. The number of aryl methyl sites for hydroxylation is 2. The summed E-state index contributed by atoms with van der Waals surface area (Å²) >= 11 is 0. The molecule has 4 rings (SSSR count). The molecule has 0 bridgehead atoms. The lowest BCUT2D eigenvalue weighted by atomic mass is 10.1. The van der Waals surface area contributed by atoms with Crippen molar-refractivity contribution >= 4 is 11.7 Å². The third-order valence-electron chi connectivity index (χ3n) is 5.57. The predicted octanol–water partition coefficient (Wildman–Crippen LogP) is 3.11. The van der Waals surface area contributed by atoms with Gasteiger partial charge in [-0.15, -0.1) is 5.10 Å². The summed E-state index contributed by atoms with van der Waals surface area (Å²) in [4.78, 5) is 17.0. The molecule has 28 heavy (non-hydrogen) atoms. The molecule has 2 heterocycles. The quantitative estimate of drug-likeness (QED) is 0.721. The van der Waals surface area contributed by atoms with E-state index in [1.807, 2.05) is 29.2 Å². The number of piperazine rings is 1. The lowest BCUT2D eigenvalue weighted by Crippen LogP contribution is -2.49. The van der Waals surface area contributed by atoms with Gasteiger partial charge in [-0.05, 0) is 61.6 Å². The molecule has 2 aromatic rings. The van der Waals surface area contributed by atoms with E-state index in [1.165, 1.54) is 12.0 Å². The van der Waals surface area contributed by atoms with E-state index in [2.05, 4.69) is 28.1 Å². The Hall–Kier alpha value is -2.63. The Bertz CT molecular complexity index is 814. The number of unbranched alkanes of at least 4 members (excludes halogenated alkanes) is 1. The smallest absolute Gasteiger partial charge is 0.253 e. The average molecular weight is 380 g/mol. The zero-order valence-corrected chi connectivity index (χ0v) is 16.6. The van der Waals surface area contributed by atoms with Crippen LogP contribution in [0.3, 0.4) is 0 Å². The fourth-order valence-corrected chi connectivity index (χ4v) is 3.82. The number of carbonyl (C=O) groups excluding carboxylic acids is 1. The molecule has 148 valence electrons. The Morgan fingerprint density at radius 1 is 1.07 bits per heavy atom. The summed E-state index contributed by atoms with van der Waals surface area (Å²) in [6.07, 6.45) is 5.49. The highest BCUT2D eigenvalue weighted by molar-refractivity contribution is 5.94. The van der Waals surface area contributed by atoms with Crippen molar-refractivity contribution in [3.8, 4) is 5.75 Å². The Morgan fingerprint density at radius 2 is 1.86 bits per heavy atom. The van der Waals surface area contributed by atoms with Gasteiger partial charge in [0.25, 0.3) is 5.91 Å². The second-order valence-electron chi connectivity index (χ2n) is 7.53. The Morgan fingerprint density at radius 3 is 2.61 bits per heavy atom. The van der Waals surface area contributed by atoms with Gasteiger partial charge in [-0.3, -0.25) is 4.79 Å². The minimum absolute atomic E-state index is 0.0831. The highest BCUT2D eigenvalue weighted by Gasteiger charge is 2.24. The lowest BCUT2D eigenvalue weighted by Gasteiger charge is -2.35. The summed E-state index contributed by atoms with van der Waals surface area (Å²) in [5, 5.41) is 8.79. The first kappa shape index (κ1) is 18.7. The zero-order chi connectivity index (χ0) is 19.3. The Kier molecular flexibility index (Phi) is 5.74. The number of fused-ring (bicyclic) bond motifs is 1. The van der Waals surface area contributed by atoms with E-state index in [4.69, 9.17) is 4.74 Å². The van der Waals surface area contributed by atoms with Crippen LogP contribution in [0.2, 0.25) is 0 Å². The van der Waals surface area contributed by atoms with Crippen molar-refractivity contribution in [1.82, 2.24) is 15.1 Å². The van der Waals surface area contributed by atoms with Crippen LogP contribution in [-0.4, -0.2) is 53.8 Å². The molecule has 1 aliphatic carbocycles. The zero-order valence-electron chi connectivity index (χ0n) is 16.6. The van der Waals surface area contributed by atoms with Gasteiger partial charge in [0.1, 0.15) is 5.75 Å². The van der Waals surface area contributed by atoms with Crippen molar-refractivity contribution in [2.75, 3.05) is 37.7 Å². The van der Waals surface area contributed by atoms with Gasteiger partial charge in [0.15, 0.2) is 5.82 Å². The van der Waals surface area contributed by atoms with E-state index < -0.39 is 0 Å². The third kappa shape index (κ3) is 4.11. The van der Waals surface area contributed by atoms with Crippen LogP contribution < -0.4 is 9.64 Å². The normalized spacial score (nSPS) is 16.2. The third-order valence-corrected chi connectivity index (χ3v) is 5.57. The van der Waals surface area contributed by atoms with Crippen LogP contribution in [0.1, 0.15) is 47.8 Å². The Labute approximate surface area is 166 Å². The van der Waals surface area contributed by atoms with Crippen LogP contribution in [0.4, 0.5) is 5.82 Å². The number of hydrogen-bond acceptors (Lipinski definition) is 5. The van der Waals surface area contributed by atoms with Gasteiger partial charge < -0.3 is 14.5 Å². The maximum atomic E-state index is 12.8. The van der Waals surface area contributed by atoms with Gasteiger partial charge in [0, 0.05) is 31.7 Å². The summed E-state index contributed by atoms with van der Waals surface area (Å²) in [6, 6.07) is 9.69. The predicted molar refractivity (Wildman–Crippen MR) is 109 cm³/mol. The summed E-state index contributed by atoms with van der Waals surface area (Å²) in [6.45, 7) is 5.84. The van der Waals surface area contributed by atoms with Gasteiger partial charge in [0.2, 0.25) is 0 Å². The van der Waals surface area contributed by atoms with E-state index in [-0.39, 0.29) is 5.91 Å². The van der Waals surface area contributed by atoms with E-state index in [1.54, 1.807) is 0 Å². The average Bonchev–Trinajstić information content (AvgIpc) is 3.22. The van der Waals surface area contributed by atoms with Gasteiger partial charge in [-0.2, -0.15) is 5.10 Å². The van der Waals surface area contributed by atoms with E-state index >= 15 is 0 Å². The molecule has 1 aromatic carbocycles. The second-order valence-corrected chi connectivity index (χ2v) is 7.53. The fourth-order valence-electron chi connectivity index (χ4n) is 3.82. The summed E-state index contributed by atoms with van der Waals surface area (Å²) in [5.41, 5.74) is 3.21. The number of benzene rings is 1. The molecule has 1 amide bonds. The highest BCUT2D eigenvalue weighted by Crippen LogP contribution is 2.23. The lowest BCUT2D eigenvalue weighted by molar-refractivity contribution is 0.0746. The molecule has 0 radical (unpaired) electrons. The summed E-state index contributed by atoms with van der Waals surface area (Å²) < 4.78 is 5.68. The fraction of sp³-hybridized carbons (Fsp3) is 0.500. The van der Waals surface area contributed by atoms with Gasteiger partial charge in [-0.1, -0.05) is 13.3 Å². The number of amides is 1. The van der Waals surface area contributed by atoms with Crippen LogP contribution in [0.5, 0.6) is 5.75 Å². The van der Waals surface area contributed by atoms with Crippen LogP contribution in [0, 0.1) is 0 Å². The molecule has 1 aromatic heterocycles. The van der Waals surface area contributed by atoms with Crippen molar-refractivity contribution in [2.24, 2.45) is 0 Å². The molecular weight excluding hydrogens is 352 g/mol. The Balaban J connectivity index is 1.32. The molecule has 1 saturated heterocycles. The van der Waals surface area contributed by atoms with Gasteiger partial charge in [0.05, 0.1) is 12.3 Å². The van der Waals surface area contributed by atoms with Crippen molar-refractivity contribution in [2.45, 2.75) is 39.0 Å². The largest absolute Gasteiger partial charge is 0.494 e. The molecule has 0 unspecified atom stereocenters. The van der Waals surface area contributed by atoms with Crippen LogP contribution in [-0.2, 0) is 12.8 Å². The van der Waals surface area contributed by atoms with Gasteiger partial charge >= 0.3 is 0 Å². The van der Waals surface area contributed by atoms with Crippen molar-refractivity contribution in [1.29, 1.82) is 0 Å². The molecule has 1 aliphatic heterocycles. The van der Waals surface area contributed by atoms with Crippen LogP contribution in [0.25, 0.3) is 0 Å². The molecule has 2 aliphatic rings. The summed E-state index contributed by atoms with van der Waals surface area (Å²) in [7, 11) is 0. The first-order valence-electron chi connectivity index (χ1n) is 10.4. The SMILES string of the molecule is CCCCOc1ccc(C(=O)N2CCN(c3cc4c(nn3)CCC4)CC2)cc1. The number of ether oxygens (including phenoxy) is 1. The number of hydrogen-bond donors (Lipinski definition) is 0. The number of anilines is 1. The minimum Gasteiger partial charge on any atom is -0.494 e. The van der Waals surface area contributed by atoms with E-state index in [9.17, 15) is 4.79 Å². The molecule has 0 N–H and O–H groups in total. The maximum absolute atomic E-state index is 12.8. The monoisotopic (exact) mass is 380 g/mol. The first-order chi connectivity index (χ1) is 13.7. The number of rotatable bonds is 6. The molecule has 1 fully saturated rings. The minimum atomic E-state index is 0.0831. The first-order valence-corrected chi connectivity index (χ1v) is 10.4. The maximum Gasteiger partial charge on any atom is 0.253 e.